The van der Waals surface area contributed by atoms with Crippen molar-refractivity contribution >= 4 is 11.8 Å². The van der Waals surface area contributed by atoms with E-state index in [2.05, 4.69) is 22.5 Å². The average molecular weight is 296 g/mol. The maximum absolute atomic E-state index is 12.0. The van der Waals surface area contributed by atoms with Gasteiger partial charge in [0, 0.05) is 25.2 Å². The largest absolute Gasteiger partial charge is 0.352 e. The standard InChI is InChI=1S/C15H28N4O2/c1-3-19-8-6-13(7-9-19)17-15(21)11-18(2)10-14(20)16-12-4-5-12/h12-13H,3-11H2,1-2H3,(H,16,20)(H,17,21). The van der Waals surface area contributed by atoms with E-state index in [0.29, 0.717) is 6.04 Å². The van der Waals surface area contributed by atoms with E-state index in [1.54, 1.807) is 4.90 Å². The van der Waals surface area contributed by atoms with E-state index in [-0.39, 0.29) is 30.9 Å². The maximum Gasteiger partial charge on any atom is 0.234 e. The summed E-state index contributed by atoms with van der Waals surface area (Å²) in [6.07, 6.45) is 4.22. The van der Waals surface area contributed by atoms with Crippen molar-refractivity contribution in [1.29, 1.82) is 0 Å². The number of nitrogens with one attached hydrogen (secondary N) is 2. The van der Waals surface area contributed by atoms with Crippen LogP contribution in [0.1, 0.15) is 32.6 Å². The number of rotatable bonds is 7. The van der Waals surface area contributed by atoms with Gasteiger partial charge in [-0.05, 0) is 39.3 Å². The smallest absolute Gasteiger partial charge is 0.234 e. The quantitative estimate of drug-likeness (QED) is 0.683. The fraction of sp³-hybridized carbons (Fsp3) is 0.867. The first kappa shape index (κ1) is 16.2. The summed E-state index contributed by atoms with van der Waals surface area (Å²) in [7, 11) is 1.81. The predicted octanol–water partition coefficient (Wildman–Crippen LogP) is -0.203. The third kappa shape index (κ3) is 6.01. The molecule has 21 heavy (non-hydrogen) atoms. The third-order valence-corrected chi connectivity index (χ3v) is 4.17. The average Bonchev–Trinajstić information content (AvgIpc) is 3.22. The van der Waals surface area contributed by atoms with Crippen molar-refractivity contribution in [3.8, 4) is 0 Å². The maximum atomic E-state index is 12.0. The molecular weight excluding hydrogens is 268 g/mol. The summed E-state index contributed by atoms with van der Waals surface area (Å²) in [5.74, 6) is 0.0377. The fourth-order valence-corrected chi connectivity index (χ4v) is 2.71. The molecular formula is C15H28N4O2. The van der Waals surface area contributed by atoms with E-state index in [9.17, 15) is 9.59 Å². The lowest BCUT2D eigenvalue weighted by Gasteiger charge is -2.31. The van der Waals surface area contributed by atoms with Gasteiger partial charge in [0.15, 0.2) is 0 Å². The van der Waals surface area contributed by atoms with E-state index < -0.39 is 0 Å². The Labute approximate surface area is 127 Å². The molecule has 1 heterocycles. The van der Waals surface area contributed by atoms with E-state index in [1.807, 2.05) is 7.05 Å². The molecule has 0 radical (unpaired) electrons. The van der Waals surface area contributed by atoms with Crippen molar-refractivity contribution in [3.05, 3.63) is 0 Å². The van der Waals surface area contributed by atoms with Gasteiger partial charge in [-0.3, -0.25) is 14.5 Å². The zero-order chi connectivity index (χ0) is 15.2. The minimum atomic E-state index is 0.0176. The van der Waals surface area contributed by atoms with Gasteiger partial charge in [0.2, 0.25) is 11.8 Å². The minimum Gasteiger partial charge on any atom is -0.352 e. The molecule has 1 saturated carbocycles. The lowest BCUT2D eigenvalue weighted by atomic mass is 10.1. The molecule has 2 N–H and O–H groups in total. The Hall–Kier alpha value is -1.14. The Bertz CT molecular complexity index is 363. The van der Waals surface area contributed by atoms with Crippen LogP contribution in [0.5, 0.6) is 0 Å². The molecule has 1 aliphatic heterocycles. The van der Waals surface area contributed by atoms with Gasteiger partial charge in [-0.1, -0.05) is 6.92 Å². The van der Waals surface area contributed by atoms with Crippen molar-refractivity contribution in [2.24, 2.45) is 0 Å². The zero-order valence-electron chi connectivity index (χ0n) is 13.2. The Morgan fingerprint density at radius 1 is 1.00 bits per heavy atom. The molecule has 0 spiro atoms. The number of amides is 2. The number of likely N-dealkylation sites (N-methyl/N-ethyl adjacent to an activating group) is 1. The van der Waals surface area contributed by atoms with Gasteiger partial charge < -0.3 is 15.5 Å². The number of nitrogens with zero attached hydrogens (tertiary/aromatic N) is 2. The van der Waals surface area contributed by atoms with Crippen LogP contribution < -0.4 is 10.6 Å². The molecule has 2 amide bonds. The first-order valence-electron chi connectivity index (χ1n) is 8.06. The summed E-state index contributed by atoms with van der Waals surface area (Å²) in [6, 6.07) is 0.664. The van der Waals surface area contributed by atoms with Gasteiger partial charge in [0.05, 0.1) is 13.1 Å². The second kappa shape index (κ2) is 7.75. The van der Waals surface area contributed by atoms with Gasteiger partial charge in [-0.25, -0.2) is 0 Å². The van der Waals surface area contributed by atoms with Crippen LogP contribution in [0.4, 0.5) is 0 Å². The molecule has 1 saturated heterocycles. The molecule has 2 aliphatic rings. The predicted molar refractivity (Wildman–Crippen MR) is 81.9 cm³/mol. The van der Waals surface area contributed by atoms with Crippen LogP contribution in [-0.2, 0) is 9.59 Å². The van der Waals surface area contributed by atoms with Crippen LogP contribution in [0.25, 0.3) is 0 Å². The zero-order valence-corrected chi connectivity index (χ0v) is 13.2. The second-order valence-corrected chi connectivity index (χ2v) is 6.29. The van der Waals surface area contributed by atoms with Gasteiger partial charge >= 0.3 is 0 Å². The van der Waals surface area contributed by atoms with Crippen LogP contribution in [0.15, 0.2) is 0 Å². The molecule has 6 nitrogen and oxygen atoms in total. The lowest BCUT2D eigenvalue weighted by Crippen LogP contribution is -2.48. The molecule has 120 valence electrons. The summed E-state index contributed by atoms with van der Waals surface area (Å²) in [6.45, 7) is 5.94. The van der Waals surface area contributed by atoms with E-state index in [0.717, 1.165) is 45.3 Å². The summed E-state index contributed by atoms with van der Waals surface area (Å²) in [5, 5.41) is 6.01. The van der Waals surface area contributed by atoms with E-state index >= 15 is 0 Å². The van der Waals surface area contributed by atoms with Crippen LogP contribution in [0.3, 0.4) is 0 Å². The minimum absolute atomic E-state index is 0.0176. The summed E-state index contributed by atoms with van der Waals surface area (Å²) in [4.78, 5) is 27.8. The Morgan fingerprint density at radius 2 is 1.48 bits per heavy atom. The topological polar surface area (TPSA) is 64.7 Å². The molecule has 1 aliphatic carbocycles. The van der Waals surface area contributed by atoms with Crippen molar-refractivity contribution in [2.75, 3.05) is 39.8 Å². The van der Waals surface area contributed by atoms with Crippen LogP contribution in [-0.4, -0.2) is 73.5 Å². The highest BCUT2D eigenvalue weighted by Crippen LogP contribution is 2.18. The van der Waals surface area contributed by atoms with Gasteiger partial charge in [0.1, 0.15) is 0 Å². The van der Waals surface area contributed by atoms with Crippen molar-refractivity contribution < 1.29 is 9.59 Å². The Balaban J connectivity index is 1.60. The second-order valence-electron chi connectivity index (χ2n) is 6.29. The summed E-state index contributed by atoms with van der Waals surface area (Å²) in [5.41, 5.74) is 0. The molecule has 0 aromatic carbocycles. The van der Waals surface area contributed by atoms with E-state index in [4.69, 9.17) is 0 Å². The SMILES string of the molecule is CCN1CCC(NC(=O)CN(C)CC(=O)NC2CC2)CC1. The van der Waals surface area contributed by atoms with Crippen molar-refractivity contribution in [3.63, 3.8) is 0 Å². The monoisotopic (exact) mass is 296 g/mol. The van der Waals surface area contributed by atoms with Crippen LogP contribution in [0.2, 0.25) is 0 Å². The Morgan fingerprint density at radius 3 is 1.90 bits per heavy atom. The van der Waals surface area contributed by atoms with Gasteiger partial charge in [-0.2, -0.15) is 0 Å². The number of hydrogen-bond donors (Lipinski definition) is 2. The molecule has 0 atom stereocenters. The molecule has 0 unspecified atom stereocenters. The van der Waals surface area contributed by atoms with Crippen molar-refractivity contribution in [1.82, 2.24) is 20.4 Å². The highest BCUT2D eigenvalue weighted by Gasteiger charge is 2.24. The Kier molecular flexibility index (Phi) is 5.99. The lowest BCUT2D eigenvalue weighted by molar-refractivity contribution is -0.125. The van der Waals surface area contributed by atoms with Crippen LogP contribution >= 0.6 is 0 Å². The van der Waals surface area contributed by atoms with Crippen LogP contribution in [0, 0.1) is 0 Å². The molecule has 0 bridgehead atoms. The molecule has 0 aromatic rings. The molecule has 6 heteroatoms. The summed E-state index contributed by atoms with van der Waals surface area (Å²) >= 11 is 0. The van der Waals surface area contributed by atoms with Gasteiger partial charge in [-0.15, -0.1) is 0 Å². The van der Waals surface area contributed by atoms with E-state index in [1.165, 1.54) is 0 Å². The number of carbonyl (C=O) groups excluding carboxylic acids is 2. The number of likely N-dealkylation sites (tertiary alicyclic amines) is 1. The first-order chi connectivity index (χ1) is 10.1. The third-order valence-electron chi connectivity index (χ3n) is 4.17. The normalized spacial score (nSPS) is 20.5. The molecule has 2 fully saturated rings. The number of hydrogen-bond acceptors (Lipinski definition) is 4. The fourth-order valence-electron chi connectivity index (χ4n) is 2.71. The highest BCUT2D eigenvalue weighted by molar-refractivity contribution is 5.81. The summed E-state index contributed by atoms with van der Waals surface area (Å²) < 4.78 is 0. The number of carbonyl (C=O) groups is 2. The molecule has 2 rings (SSSR count). The molecule has 0 aromatic heterocycles. The van der Waals surface area contributed by atoms with Gasteiger partial charge in [0.25, 0.3) is 0 Å². The number of piperidine rings is 1. The van der Waals surface area contributed by atoms with Crippen molar-refractivity contribution in [2.45, 2.75) is 44.7 Å². The highest BCUT2D eigenvalue weighted by atomic mass is 16.2. The first-order valence-corrected chi connectivity index (χ1v) is 8.06.